The van der Waals surface area contributed by atoms with E-state index < -0.39 is 0 Å². The number of ether oxygens (including phenoxy) is 1. The van der Waals surface area contributed by atoms with Crippen molar-refractivity contribution >= 4 is 0 Å². The van der Waals surface area contributed by atoms with Crippen molar-refractivity contribution in [2.24, 2.45) is 0 Å². The Morgan fingerprint density at radius 3 is 2.48 bits per heavy atom. The molecule has 3 aromatic rings. The third-order valence-corrected chi connectivity index (χ3v) is 3.41. The molecule has 1 heterocycles. The van der Waals surface area contributed by atoms with Crippen LogP contribution in [0.25, 0.3) is 16.9 Å². The first-order valence-electron chi connectivity index (χ1n) is 6.71. The Morgan fingerprint density at radius 1 is 1.05 bits per heavy atom. The molecule has 0 atom stereocenters. The Hall–Kier alpha value is -2.75. The maximum absolute atomic E-state index is 12.2. The second kappa shape index (κ2) is 5.32. The summed E-state index contributed by atoms with van der Waals surface area (Å²) in [5.41, 5.74) is 3.47. The van der Waals surface area contributed by atoms with Gasteiger partial charge in [-0.3, -0.25) is 9.89 Å². The topological polar surface area (TPSA) is 47.0 Å². The molecule has 0 saturated heterocycles. The number of hydrogen-bond donors (Lipinski definition) is 1. The third-order valence-electron chi connectivity index (χ3n) is 3.41. The lowest BCUT2D eigenvalue weighted by molar-refractivity contribution is 0.416. The van der Waals surface area contributed by atoms with Gasteiger partial charge in [-0.05, 0) is 31.2 Å². The number of hydrogen-bond acceptors (Lipinski definition) is 2. The van der Waals surface area contributed by atoms with Gasteiger partial charge in [0.25, 0.3) is 5.56 Å². The molecule has 0 bridgehead atoms. The first-order valence-corrected chi connectivity index (χ1v) is 6.71. The van der Waals surface area contributed by atoms with Crippen molar-refractivity contribution in [1.29, 1.82) is 0 Å². The van der Waals surface area contributed by atoms with E-state index in [0.29, 0.717) is 0 Å². The van der Waals surface area contributed by atoms with Gasteiger partial charge in [0.2, 0.25) is 0 Å². The normalized spacial score (nSPS) is 10.6. The lowest BCUT2D eigenvalue weighted by Crippen LogP contribution is -2.13. The smallest absolute Gasteiger partial charge is 0.271 e. The molecule has 0 aliphatic heterocycles. The van der Waals surface area contributed by atoms with Crippen molar-refractivity contribution in [1.82, 2.24) is 9.78 Å². The van der Waals surface area contributed by atoms with Gasteiger partial charge in [-0.15, -0.1) is 0 Å². The van der Waals surface area contributed by atoms with E-state index >= 15 is 0 Å². The van der Waals surface area contributed by atoms with Crippen molar-refractivity contribution in [3.05, 3.63) is 70.5 Å². The average molecular weight is 280 g/mol. The number of aromatic amines is 1. The van der Waals surface area contributed by atoms with Gasteiger partial charge < -0.3 is 4.74 Å². The molecule has 4 heteroatoms. The third kappa shape index (κ3) is 2.48. The van der Waals surface area contributed by atoms with Crippen LogP contribution in [-0.2, 0) is 0 Å². The van der Waals surface area contributed by atoms with Crippen molar-refractivity contribution in [3.63, 3.8) is 0 Å². The molecule has 4 nitrogen and oxygen atoms in total. The van der Waals surface area contributed by atoms with Crippen LogP contribution in [0.2, 0.25) is 0 Å². The lowest BCUT2D eigenvalue weighted by Gasteiger charge is -2.06. The molecular weight excluding hydrogens is 264 g/mol. The summed E-state index contributed by atoms with van der Waals surface area (Å²) in [5.74, 6) is 0.731. The first-order chi connectivity index (χ1) is 10.2. The maximum Gasteiger partial charge on any atom is 0.271 e. The van der Waals surface area contributed by atoms with E-state index in [0.717, 1.165) is 28.3 Å². The van der Waals surface area contributed by atoms with Crippen molar-refractivity contribution in [2.45, 2.75) is 6.92 Å². The minimum atomic E-state index is -0.0974. The highest BCUT2D eigenvalue weighted by atomic mass is 16.5. The number of nitrogens with one attached hydrogen (secondary N) is 1. The summed E-state index contributed by atoms with van der Waals surface area (Å²) >= 11 is 0. The number of H-pyrrole nitrogens is 1. The molecule has 1 aromatic heterocycles. The van der Waals surface area contributed by atoms with Gasteiger partial charge in [0, 0.05) is 11.6 Å². The summed E-state index contributed by atoms with van der Waals surface area (Å²) < 4.78 is 6.87. The molecule has 1 N–H and O–H groups in total. The number of benzene rings is 2. The molecular formula is C17H16N2O2. The molecule has 21 heavy (non-hydrogen) atoms. The van der Waals surface area contributed by atoms with Gasteiger partial charge >= 0.3 is 0 Å². The predicted molar refractivity (Wildman–Crippen MR) is 83.1 cm³/mol. The van der Waals surface area contributed by atoms with Crippen LogP contribution < -0.4 is 10.3 Å². The highest BCUT2D eigenvalue weighted by Crippen LogP contribution is 2.27. The summed E-state index contributed by atoms with van der Waals surface area (Å²) in [6.45, 7) is 2.02. The zero-order valence-electron chi connectivity index (χ0n) is 12.0. The highest BCUT2D eigenvalue weighted by Gasteiger charge is 2.10. The second-order valence-electron chi connectivity index (χ2n) is 4.88. The number of aryl methyl sites for hydroxylation is 1. The quantitative estimate of drug-likeness (QED) is 0.801. The van der Waals surface area contributed by atoms with Crippen molar-refractivity contribution < 1.29 is 4.74 Å². The summed E-state index contributed by atoms with van der Waals surface area (Å²) in [6.07, 6.45) is 0. The van der Waals surface area contributed by atoms with Crippen molar-refractivity contribution in [3.8, 4) is 22.7 Å². The molecule has 106 valence electrons. The van der Waals surface area contributed by atoms with Crippen LogP contribution in [0.5, 0.6) is 5.75 Å². The minimum Gasteiger partial charge on any atom is -0.496 e. The molecule has 0 amide bonds. The van der Waals surface area contributed by atoms with E-state index in [1.165, 1.54) is 4.68 Å². The van der Waals surface area contributed by atoms with E-state index in [4.69, 9.17) is 4.74 Å². The van der Waals surface area contributed by atoms with Gasteiger partial charge in [-0.1, -0.05) is 29.8 Å². The predicted octanol–water partition coefficient (Wildman–Crippen LogP) is 3.15. The van der Waals surface area contributed by atoms with E-state index in [2.05, 4.69) is 5.10 Å². The van der Waals surface area contributed by atoms with E-state index in [1.54, 1.807) is 13.2 Å². The van der Waals surface area contributed by atoms with Gasteiger partial charge in [0.15, 0.2) is 0 Å². The summed E-state index contributed by atoms with van der Waals surface area (Å²) in [7, 11) is 1.62. The number of para-hydroxylation sites is 1. The standard InChI is InChI=1S/C17H16N2O2/c1-12-7-9-13(10-8-12)19-17(20)11-15(18-19)14-5-3-4-6-16(14)21-2/h3-11,18H,1-2H3. The Labute approximate surface area is 122 Å². The average Bonchev–Trinajstić information content (AvgIpc) is 2.90. The molecule has 0 aliphatic carbocycles. The van der Waals surface area contributed by atoms with Gasteiger partial charge in [0.1, 0.15) is 5.75 Å². The van der Waals surface area contributed by atoms with E-state index in [1.807, 2.05) is 55.5 Å². The molecule has 0 spiro atoms. The fourth-order valence-electron chi connectivity index (χ4n) is 2.29. The van der Waals surface area contributed by atoms with Crippen LogP contribution in [0, 0.1) is 6.92 Å². The lowest BCUT2D eigenvalue weighted by atomic mass is 10.1. The van der Waals surface area contributed by atoms with Gasteiger partial charge in [-0.25, -0.2) is 4.68 Å². The maximum atomic E-state index is 12.2. The van der Waals surface area contributed by atoms with Crippen molar-refractivity contribution in [2.75, 3.05) is 7.11 Å². The first kappa shape index (κ1) is 13.2. The molecule has 2 aromatic carbocycles. The number of nitrogens with zero attached hydrogens (tertiary/aromatic N) is 1. The van der Waals surface area contributed by atoms with Gasteiger partial charge in [-0.2, -0.15) is 0 Å². The van der Waals surface area contributed by atoms with Crippen LogP contribution in [0.15, 0.2) is 59.4 Å². The van der Waals surface area contributed by atoms with Crippen LogP contribution >= 0.6 is 0 Å². The molecule has 0 saturated carbocycles. The molecule has 0 radical (unpaired) electrons. The highest BCUT2D eigenvalue weighted by molar-refractivity contribution is 5.66. The van der Waals surface area contributed by atoms with Crippen LogP contribution in [0.3, 0.4) is 0 Å². The fraction of sp³-hybridized carbons (Fsp3) is 0.118. The van der Waals surface area contributed by atoms with E-state index in [-0.39, 0.29) is 5.56 Å². The zero-order chi connectivity index (χ0) is 14.8. The Balaban J connectivity index is 2.10. The number of aromatic nitrogens is 2. The number of methoxy groups -OCH3 is 1. The molecule has 0 aliphatic rings. The van der Waals surface area contributed by atoms with Crippen LogP contribution in [-0.4, -0.2) is 16.9 Å². The monoisotopic (exact) mass is 280 g/mol. The summed E-state index contributed by atoms with van der Waals surface area (Å²) in [5, 5.41) is 3.13. The molecule has 0 fully saturated rings. The summed E-state index contributed by atoms with van der Waals surface area (Å²) in [6, 6.07) is 17.0. The largest absolute Gasteiger partial charge is 0.496 e. The van der Waals surface area contributed by atoms with Crippen LogP contribution in [0.4, 0.5) is 0 Å². The Morgan fingerprint density at radius 2 is 1.76 bits per heavy atom. The number of rotatable bonds is 3. The zero-order valence-corrected chi connectivity index (χ0v) is 12.0. The molecule has 3 rings (SSSR count). The second-order valence-corrected chi connectivity index (χ2v) is 4.88. The van der Waals surface area contributed by atoms with E-state index in [9.17, 15) is 4.79 Å². The summed E-state index contributed by atoms with van der Waals surface area (Å²) in [4.78, 5) is 12.2. The van der Waals surface area contributed by atoms with Crippen LogP contribution in [0.1, 0.15) is 5.56 Å². The molecule has 0 unspecified atom stereocenters. The fourth-order valence-corrected chi connectivity index (χ4v) is 2.29. The SMILES string of the molecule is COc1ccccc1-c1cc(=O)n(-c2ccc(C)cc2)[nH]1. The Bertz CT molecular complexity index is 813. The minimum absolute atomic E-state index is 0.0974. The van der Waals surface area contributed by atoms with Gasteiger partial charge in [0.05, 0.1) is 18.5 Å². The Kier molecular flexibility index (Phi) is 3.36.